The maximum absolute atomic E-state index is 10.0. The molecule has 2 N–H and O–H groups in total. The largest absolute Gasteiger partial charge is 0.489 e. The van der Waals surface area contributed by atoms with E-state index in [-0.39, 0.29) is 12.6 Å². The smallest absolute Gasteiger partial charge is 0.148 e. The molecule has 0 saturated carbocycles. The van der Waals surface area contributed by atoms with Gasteiger partial charge in [-0.1, -0.05) is 43.6 Å². The molecule has 24 heavy (non-hydrogen) atoms. The van der Waals surface area contributed by atoms with Crippen LogP contribution in [0.5, 0.6) is 5.75 Å². The van der Waals surface area contributed by atoms with Crippen molar-refractivity contribution in [2.75, 3.05) is 13.2 Å². The zero-order valence-corrected chi connectivity index (χ0v) is 15.2. The summed E-state index contributed by atoms with van der Waals surface area (Å²) >= 11 is 12.6. The van der Waals surface area contributed by atoms with Gasteiger partial charge in [-0.3, -0.25) is 0 Å². The van der Waals surface area contributed by atoms with Gasteiger partial charge in [0.2, 0.25) is 0 Å². The van der Waals surface area contributed by atoms with Gasteiger partial charge in [0.25, 0.3) is 0 Å². The minimum Gasteiger partial charge on any atom is -0.489 e. The molecule has 1 atom stereocenters. The fourth-order valence-electron chi connectivity index (χ4n) is 2.10. The molecule has 0 aliphatic heterocycles. The van der Waals surface area contributed by atoms with Crippen LogP contribution in [0.4, 0.5) is 0 Å². The van der Waals surface area contributed by atoms with Crippen LogP contribution in [-0.4, -0.2) is 40.0 Å². The number of benzene rings is 1. The summed E-state index contributed by atoms with van der Waals surface area (Å²) in [5.74, 6) is 0.395. The Bertz CT molecular complexity index is 687. The first-order valence-corrected chi connectivity index (χ1v) is 8.35. The van der Waals surface area contributed by atoms with E-state index in [9.17, 15) is 5.11 Å². The number of aromatic nitrogens is 2. The molecule has 0 amide bonds. The van der Waals surface area contributed by atoms with Crippen molar-refractivity contribution in [2.45, 2.75) is 26.0 Å². The van der Waals surface area contributed by atoms with E-state index in [0.717, 1.165) is 0 Å². The normalized spacial score (nSPS) is 12.4. The number of hydrogen-bond donors (Lipinski definition) is 2. The lowest BCUT2D eigenvalue weighted by Gasteiger charge is -2.19. The van der Waals surface area contributed by atoms with Crippen LogP contribution in [0.15, 0.2) is 37.4 Å². The molecule has 1 heterocycles. The van der Waals surface area contributed by atoms with Gasteiger partial charge in [-0.25, -0.2) is 4.98 Å². The molecule has 7 heteroatoms. The first-order chi connectivity index (χ1) is 11.4. The van der Waals surface area contributed by atoms with Gasteiger partial charge in [0.05, 0.1) is 27.6 Å². The fraction of sp³-hybridized carbons (Fsp3) is 0.353. The zero-order valence-electron chi connectivity index (χ0n) is 13.7. The third-order valence-electron chi connectivity index (χ3n) is 3.35. The summed E-state index contributed by atoms with van der Waals surface area (Å²) in [6.45, 7) is 8.57. The van der Waals surface area contributed by atoms with Crippen molar-refractivity contribution in [3.05, 3.63) is 53.0 Å². The predicted octanol–water partition coefficient (Wildman–Crippen LogP) is 3.45. The van der Waals surface area contributed by atoms with Crippen LogP contribution >= 0.6 is 23.2 Å². The Kier molecular flexibility index (Phi) is 6.69. The summed E-state index contributed by atoms with van der Waals surface area (Å²) in [4.78, 5) is 4.00. The van der Waals surface area contributed by atoms with Crippen molar-refractivity contribution in [3.63, 3.8) is 0 Å². The van der Waals surface area contributed by atoms with Gasteiger partial charge >= 0.3 is 0 Å². The summed E-state index contributed by atoms with van der Waals surface area (Å²) in [6, 6.07) is 3.62. The molecule has 0 saturated heterocycles. The number of aliphatic hydroxyl groups is 1. The lowest BCUT2D eigenvalue weighted by Crippen LogP contribution is -2.35. The molecule has 0 radical (unpaired) electrons. The Balaban J connectivity index is 2.20. The molecule has 2 rings (SSSR count). The average molecular weight is 370 g/mol. The second-order valence-electron chi connectivity index (χ2n) is 5.68. The van der Waals surface area contributed by atoms with Gasteiger partial charge < -0.3 is 19.7 Å². The summed E-state index contributed by atoms with van der Waals surface area (Å²) < 4.78 is 7.48. The minimum atomic E-state index is -0.670. The standard InChI is InChI=1S/C17H21Cl2N3O2/c1-11(2)21-8-13(23)9-24-17-15(19)5-4-14(18)16(17)12(3)22-7-6-20-10-22/h4-7,10-11,13,21,23H,3,8-9H2,1-2H3/t13-/m0/s1. The van der Waals surface area contributed by atoms with Crippen molar-refractivity contribution in [1.29, 1.82) is 0 Å². The summed E-state index contributed by atoms with van der Waals surface area (Å²) in [5, 5.41) is 14.0. The molecule has 0 unspecified atom stereocenters. The van der Waals surface area contributed by atoms with E-state index in [1.807, 2.05) is 13.8 Å². The van der Waals surface area contributed by atoms with Crippen LogP contribution in [-0.2, 0) is 0 Å². The van der Waals surface area contributed by atoms with Crippen LogP contribution < -0.4 is 10.1 Å². The molecule has 0 spiro atoms. The highest BCUT2D eigenvalue weighted by atomic mass is 35.5. The van der Waals surface area contributed by atoms with Crippen LogP contribution in [0.3, 0.4) is 0 Å². The Morgan fingerprint density at radius 1 is 1.38 bits per heavy atom. The van der Waals surface area contributed by atoms with Crippen molar-refractivity contribution < 1.29 is 9.84 Å². The number of rotatable bonds is 8. The van der Waals surface area contributed by atoms with Crippen molar-refractivity contribution in [2.24, 2.45) is 0 Å². The zero-order chi connectivity index (χ0) is 17.7. The predicted molar refractivity (Wildman–Crippen MR) is 97.8 cm³/mol. The first kappa shape index (κ1) is 18.8. The Hall–Kier alpha value is -1.53. The number of hydrogen-bond acceptors (Lipinski definition) is 4. The highest BCUT2D eigenvalue weighted by Gasteiger charge is 2.18. The average Bonchev–Trinajstić information content (AvgIpc) is 3.07. The highest BCUT2D eigenvalue weighted by Crippen LogP contribution is 2.38. The number of ether oxygens (including phenoxy) is 1. The molecule has 1 aromatic heterocycles. The van der Waals surface area contributed by atoms with E-state index < -0.39 is 6.10 Å². The second kappa shape index (κ2) is 8.53. The highest BCUT2D eigenvalue weighted by molar-refractivity contribution is 6.35. The topological polar surface area (TPSA) is 59.3 Å². The van der Waals surface area contributed by atoms with Gasteiger partial charge in [-0.05, 0) is 12.1 Å². The quantitative estimate of drug-likeness (QED) is 0.747. The molecule has 1 aromatic carbocycles. The lowest BCUT2D eigenvalue weighted by atomic mass is 10.1. The summed E-state index contributed by atoms with van der Waals surface area (Å²) in [7, 11) is 0. The van der Waals surface area contributed by atoms with Crippen molar-refractivity contribution in [3.8, 4) is 5.75 Å². The van der Waals surface area contributed by atoms with Gasteiger partial charge in [-0.15, -0.1) is 0 Å². The number of halogens is 2. The van der Waals surface area contributed by atoms with E-state index in [1.165, 1.54) is 0 Å². The van der Waals surface area contributed by atoms with Gasteiger partial charge in [0.1, 0.15) is 18.5 Å². The molecule has 0 bridgehead atoms. The van der Waals surface area contributed by atoms with Gasteiger partial charge in [-0.2, -0.15) is 0 Å². The van der Waals surface area contributed by atoms with Crippen LogP contribution in [0.25, 0.3) is 5.70 Å². The van der Waals surface area contributed by atoms with Crippen molar-refractivity contribution in [1.82, 2.24) is 14.9 Å². The van der Waals surface area contributed by atoms with E-state index in [0.29, 0.717) is 33.6 Å². The molecular weight excluding hydrogens is 349 g/mol. The maximum atomic E-state index is 10.0. The Morgan fingerprint density at radius 3 is 2.71 bits per heavy atom. The fourth-order valence-corrected chi connectivity index (χ4v) is 2.57. The van der Waals surface area contributed by atoms with E-state index in [2.05, 4.69) is 16.9 Å². The van der Waals surface area contributed by atoms with E-state index in [1.54, 1.807) is 35.4 Å². The van der Waals surface area contributed by atoms with E-state index in [4.69, 9.17) is 27.9 Å². The lowest BCUT2D eigenvalue weighted by molar-refractivity contribution is 0.104. The number of imidazole rings is 1. The number of aliphatic hydroxyl groups excluding tert-OH is 1. The second-order valence-corrected chi connectivity index (χ2v) is 6.49. The molecule has 0 fully saturated rings. The van der Waals surface area contributed by atoms with Gasteiger partial charge in [0, 0.05) is 25.0 Å². The Morgan fingerprint density at radius 2 is 2.08 bits per heavy atom. The molecule has 0 aliphatic rings. The number of nitrogens with zero attached hydrogens (tertiary/aromatic N) is 2. The molecule has 0 aliphatic carbocycles. The summed E-state index contributed by atoms with van der Waals surface area (Å²) in [5.41, 5.74) is 1.16. The number of nitrogens with one attached hydrogen (secondary N) is 1. The molecule has 5 nitrogen and oxygen atoms in total. The maximum Gasteiger partial charge on any atom is 0.148 e. The SMILES string of the molecule is C=C(c1c(Cl)ccc(Cl)c1OC[C@@H](O)CNC(C)C)n1ccnc1. The third-order valence-corrected chi connectivity index (χ3v) is 3.96. The Labute approximate surface area is 151 Å². The van der Waals surface area contributed by atoms with E-state index >= 15 is 0 Å². The van der Waals surface area contributed by atoms with Gasteiger partial charge in [0.15, 0.2) is 0 Å². The molecular formula is C17H21Cl2N3O2. The molecule has 2 aromatic rings. The third kappa shape index (κ3) is 4.74. The minimum absolute atomic E-state index is 0.0873. The van der Waals surface area contributed by atoms with Crippen LogP contribution in [0, 0.1) is 0 Å². The van der Waals surface area contributed by atoms with Crippen LogP contribution in [0.1, 0.15) is 19.4 Å². The monoisotopic (exact) mass is 369 g/mol. The van der Waals surface area contributed by atoms with Crippen molar-refractivity contribution >= 4 is 28.9 Å². The first-order valence-electron chi connectivity index (χ1n) is 7.60. The molecule has 130 valence electrons. The van der Waals surface area contributed by atoms with Crippen LogP contribution in [0.2, 0.25) is 10.0 Å². The summed E-state index contributed by atoms with van der Waals surface area (Å²) in [6.07, 6.45) is 4.35.